The Morgan fingerprint density at radius 3 is 2.20 bits per heavy atom. The van der Waals surface area contributed by atoms with Gasteiger partial charge in [0.1, 0.15) is 6.04 Å². The fourth-order valence-corrected chi connectivity index (χ4v) is 8.15. The molecule has 0 bridgehead atoms. The number of hydrazine groups is 1. The lowest BCUT2D eigenvalue weighted by Crippen LogP contribution is -2.53. The first-order valence-corrected chi connectivity index (χ1v) is 16.1. The summed E-state index contributed by atoms with van der Waals surface area (Å²) in [5, 5.41) is 1.24. The van der Waals surface area contributed by atoms with Crippen LogP contribution in [0.2, 0.25) is 0 Å². The van der Waals surface area contributed by atoms with Crippen LogP contribution in [0.15, 0.2) is 107 Å². The van der Waals surface area contributed by atoms with Crippen molar-refractivity contribution in [1.29, 1.82) is 0 Å². The second kappa shape index (κ2) is 11.3. The van der Waals surface area contributed by atoms with E-state index in [1.54, 1.807) is 48.5 Å². The molecule has 4 aromatic carbocycles. The fourth-order valence-electron chi connectivity index (χ4n) is 4.72. The molecule has 1 heterocycles. The van der Waals surface area contributed by atoms with Crippen LogP contribution >= 0.6 is 12.6 Å². The smallest absolute Gasteiger partial charge is 0.260 e. The number of rotatable bonds is 8. The van der Waals surface area contributed by atoms with Crippen molar-refractivity contribution in [3.05, 3.63) is 108 Å². The van der Waals surface area contributed by atoms with Crippen molar-refractivity contribution in [2.75, 3.05) is 6.54 Å². The Kier molecular flexibility index (Phi) is 8.03. The maximum absolute atomic E-state index is 13.7. The van der Waals surface area contributed by atoms with Gasteiger partial charge in [0.2, 0.25) is 10.0 Å². The highest BCUT2D eigenvalue weighted by atomic mass is 32.2. The molecular weight excluding hydrogens is 567 g/mol. The molecule has 1 aliphatic rings. The van der Waals surface area contributed by atoms with Gasteiger partial charge in [0, 0.05) is 11.8 Å². The number of amides is 1. The number of nitrogens with one attached hydrogen (secondary N) is 1. The normalized spacial score (nSPS) is 18.3. The van der Waals surface area contributed by atoms with Crippen molar-refractivity contribution in [2.45, 2.75) is 41.0 Å². The number of carbonyl (C=O) groups is 1. The second-order valence-corrected chi connectivity index (χ2v) is 14.3. The molecule has 0 radical (unpaired) electrons. The number of fused-ring (bicyclic) bond motifs is 1. The molecule has 4 aromatic rings. The lowest BCUT2D eigenvalue weighted by molar-refractivity contribution is -0.127. The zero-order valence-corrected chi connectivity index (χ0v) is 24.2. The zero-order valence-electron chi connectivity index (χ0n) is 21.7. The van der Waals surface area contributed by atoms with Crippen LogP contribution in [0.3, 0.4) is 0 Å². The van der Waals surface area contributed by atoms with Crippen LogP contribution in [0.1, 0.15) is 17.5 Å². The highest BCUT2D eigenvalue weighted by Gasteiger charge is 2.44. The molecule has 1 fully saturated rings. The molecule has 11 heteroatoms. The van der Waals surface area contributed by atoms with Gasteiger partial charge < -0.3 is 0 Å². The Labute approximate surface area is 240 Å². The summed E-state index contributed by atoms with van der Waals surface area (Å²) < 4.78 is 56.8. The first kappa shape index (κ1) is 28.3. The molecule has 0 aromatic heterocycles. The van der Waals surface area contributed by atoms with E-state index in [0.717, 1.165) is 25.1 Å². The first-order chi connectivity index (χ1) is 19.1. The molecule has 1 aliphatic heterocycles. The Morgan fingerprint density at radius 1 is 0.875 bits per heavy atom. The number of hydrogen-bond acceptors (Lipinski definition) is 6. The fraction of sp³-hybridized carbons (Fsp3) is 0.207. The summed E-state index contributed by atoms with van der Waals surface area (Å²) in [6, 6.07) is 26.2. The van der Waals surface area contributed by atoms with Gasteiger partial charge in [-0.15, -0.1) is 4.41 Å². The van der Waals surface area contributed by atoms with Gasteiger partial charge in [0.05, 0.1) is 16.3 Å². The topological polar surface area (TPSA) is 104 Å². The van der Waals surface area contributed by atoms with Crippen LogP contribution in [0, 0.1) is 6.92 Å². The van der Waals surface area contributed by atoms with Crippen LogP contribution < -0.4 is 5.43 Å². The quantitative estimate of drug-likeness (QED) is 0.236. The van der Waals surface area contributed by atoms with Crippen molar-refractivity contribution < 1.29 is 21.6 Å². The lowest BCUT2D eigenvalue weighted by atomic mass is 10.1. The van der Waals surface area contributed by atoms with Crippen molar-refractivity contribution in [3.63, 3.8) is 0 Å². The average Bonchev–Trinajstić information content (AvgIpc) is 3.36. The van der Waals surface area contributed by atoms with Crippen molar-refractivity contribution in [1.82, 2.24) is 14.1 Å². The second-order valence-electron chi connectivity index (χ2n) is 9.78. The molecule has 8 nitrogen and oxygen atoms in total. The standard InChI is InChI=1S/C29H29N3O5S3/c1-21-11-14-26(15-12-21)40(36,37)32(19-22-7-3-2-4-8-22)30-29(33)28-18-25(38)20-31(28)39(34,35)27-16-13-23-9-5-6-10-24(23)17-27/h2-17,25,28,38H,18-20H2,1H3,(H,30,33)/t25-,28+/m1/s1. The number of benzene rings is 4. The zero-order chi connectivity index (χ0) is 28.5. The van der Waals surface area contributed by atoms with Crippen LogP contribution in [0.5, 0.6) is 0 Å². The van der Waals surface area contributed by atoms with E-state index in [1.165, 1.54) is 18.2 Å². The molecule has 1 amide bonds. The molecule has 0 unspecified atom stereocenters. The van der Waals surface area contributed by atoms with Gasteiger partial charge in [-0.3, -0.25) is 10.2 Å². The van der Waals surface area contributed by atoms with Crippen molar-refractivity contribution >= 4 is 49.4 Å². The Hall–Kier alpha value is -3.22. The maximum atomic E-state index is 13.7. The summed E-state index contributed by atoms with van der Waals surface area (Å²) in [5.74, 6) is -0.743. The molecule has 1 N–H and O–H groups in total. The number of nitrogens with zero attached hydrogens (tertiary/aromatic N) is 2. The Morgan fingerprint density at radius 2 is 1.50 bits per heavy atom. The molecule has 40 heavy (non-hydrogen) atoms. The lowest BCUT2D eigenvalue weighted by Gasteiger charge is -2.28. The van der Waals surface area contributed by atoms with Crippen LogP contribution in [-0.4, -0.2) is 49.3 Å². The third kappa shape index (κ3) is 5.79. The predicted molar refractivity (Wildman–Crippen MR) is 158 cm³/mol. The van der Waals surface area contributed by atoms with Crippen LogP contribution in [0.25, 0.3) is 10.8 Å². The molecule has 0 aliphatic carbocycles. The van der Waals surface area contributed by atoms with E-state index >= 15 is 0 Å². The van der Waals surface area contributed by atoms with Crippen LogP contribution in [-0.2, 0) is 31.4 Å². The maximum Gasteiger partial charge on any atom is 0.260 e. The van der Waals surface area contributed by atoms with Gasteiger partial charge in [-0.05, 0) is 53.9 Å². The van der Waals surface area contributed by atoms with Gasteiger partial charge >= 0.3 is 0 Å². The highest BCUT2D eigenvalue weighted by Crippen LogP contribution is 2.31. The van der Waals surface area contributed by atoms with E-state index in [1.807, 2.05) is 37.3 Å². The van der Waals surface area contributed by atoms with E-state index in [-0.39, 0.29) is 29.3 Å². The molecular formula is C29H29N3O5S3. The average molecular weight is 596 g/mol. The van der Waals surface area contributed by atoms with E-state index < -0.39 is 37.2 Å². The molecule has 0 spiro atoms. The van der Waals surface area contributed by atoms with Crippen LogP contribution in [0.4, 0.5) is 0 Å². The molecule has 208 valence electrons. The van der Waals surface area contributed by atoms with Gasteiger partial charge in [-0.1, -0.05) is 78.4 Å². The summed E-state index contributed by atoms with van der Waals surface area (Å²) in [6.45, 7) is 1.72. The van der Waals surface area contributed by atoms with Crippen molar-refractivity contribution in [2.24, 2.45) is 0 Å². The Balaban J connectivity index is 1.46. The van der Waals surface area contributed by atoms with Gasteiger partial charge in [0.15, 0.2) is 0 Å². The third-order valence-electron chi connectivity index (χ3n) is 6.88. The summed E-state index contributed by atoms with van der Waals surface area (Å²) in [4.78, 5) is 13.7. The molecule has 0 saturated carbocycles. The number of thiol groups is 1. The Bertz CT molecular complexity index is 1740. The number of hydrogen-bond donors (Lipinski definition) is 2. The minimum atomic E-state index is -4.17. The summed E-state index contributed by atoms with van der Waals surface area (Å²) in [6.07, 6.45) is 0.130. The SMILES string of the molecule is Cc1ccc(S(=O)(=O)N(Cc2ccccc2)NC(=O)[C@@H]2C[C@@H](S)CN2S(=O)(=O)c2ccc3ccccc3c2)cc1. The minimum absolute atomic E-state index is 0.00784. The van der Waals surface area contributed by atoms with E-state index in [4.69, 9.17) is 0 Å². The van der Waals surface area contributed by atoms with Gasteiger partial charge in [0.25, 0.3) is 15.9 Å². The number of aryl methyl sites for hydroxylation is 1. The monoisotopic (exact) mass is 595 g/mol. The first-order valence-electron chi connectivity index (χ1n) is 12.7. The van der Waals surface area contributed by atoms with Crippen molar-refractivity contribution in [3.8, 4) is 0 Å². The summed E-state index contributed by atoms with van der Waals surface area (Å²) in [7, 11) is -8.26. The molecule has 1 saturated heterocycles. The number of sulfonamides is 2. The van der Waals surface area contributed by atoms with E-state index in [9.17, 15) is 21.6 Å². The number of carbonyl (C=O) groups excluding carboxylic acids is 1. The minimum Gasteiger partial charge on any atom is -0.273 e. The largest absolute Gasteiger partial charge is 0.273 e. The molecule has 5 rings (SSSR count). The third-order valence-corrected chi connectivity index (χ3v) is 10.8. The summed E-state index contributed by atoms with van der Waals surface area (Å²) in [5.41, 5.74) is 4.07. The van der Waals surface area contributed by atoms with E-state index in [0.29, 0.717) is 5.56 Å². The van der Waals surface area contributed by atoms with Gasteiger partial charge in [-0.2, -0.15) is 16.9 Å². The predicted octanol–water partition coefficient (Wildman–Crippen LogP) is 4.13. The van der Waals surface area contributed by atoms with E-state index in [2.05, 4.69) is 18.1 Å². The molecule has 2 atom stereocenters. The van der Waals surface area contributed by atoms with Gasteiger partial charge in [-0.25, -0.2) is 16.8 Å². The highest BCUT2D eigenvalue weighted by molar-refractivity contribution is 7.89. The summed E-state index contributed by atoms with van der Waals surface area (Å²) >= 11 is 4.49.